The number of carbonyl (C=O) groups is 3. The number of anilines is 1. The van der Waals surface area contributed by atoms with Gasteiger partial charge in [0.1, 0.15) is 9.88 Å². The first-order valence-corrected chi connectivity index (χ1v) is 7.89. The van der Waals surface area contributed by atoms with E-state index in [-0.39, 0.29) is 27.6 Å². The maximum absolute atomic E-state index is 12.3. The number of hydrogen-bond acceptors (Lipinski definition) is 7. The summed E-state index contributed by atoms with van der Waals surface area (Å²) in [6.07, 6.45) is -1.38. The van der Waals surface area contributed by atoms with Crippen LogP contribution < -0.4 is 5.32 Å². The number of rotatable bonds is 5. The summed E-state index contributed by atoms with van der Waals surface area (Å²) in [4.78, 5) is 36.1. The maximum Gasteiger partial charge on any atom is 0.411 e. The number of nitrogens with one attached hydrogen (secondary N) is 1. The van der Waals surface area contributed by atoms with Crippen LogP contribution in [0.4, 0.5) is 9.80 Å². The zero-order valence-corrected chi connectivity index (χ0v) is 14.8. The minimum absolute atomic E-state index is 0.129. The van der Waals surface area contributed by atoms with Gasteiger partial charge in [-0.25, -0.2) is 14.4 Å². The Morgan fingerprint density at radius 3 is 2.00 bits per heavy atom. The summed E-state index contributed by atoms with van der Waals surface area (Å²) >= 11 is 0.948. The molecule has 0 aromatic carbocycles. The molecule has 0 aliphatic carbocycles. The molecule has 0 fully saturated rings. The highest BCUT2D eigenvalue weighted by atomic mass is 32.1. The highest BCUT2D eigenvalue weighted by Crippen LogP contribution is 2.34. The average molecular weight is 343 g/mol. The van der Waals surface area contributed by atoms with Crippen molar-refractivity contribution in [3.05, 3.63) is 16.0 Å². The molecule has 1 heterocycles. The fraction of sp³-hybridized carbons (Fsp3) is 0.533. The Morgan fingerprint density at radius 1 is 1.00 bits per heavy atom. The third-order valence-corrected chi connectivity index (χ3v) is 3.81. The largest absolute Gasteiger partial charge is 0.459 e. The molecule has 0 radical (unpaired) electrons. The summed E-state index contributed by atoms with van der Waals surface area (Å²) in [7, 11) is 1.20. The van der Waals surface area contributed by atoms with E-state index in [0.717, 1.165) is 11.3 Å². The van der Waals surface area contributed by atoms with Gasteiger partial charge < -0.3 is 14.2 Å². The first-order valence-electron chi connectivity index (χ1n) is 7.07. The lowest BCUT2D eigenvalue weighted by Gasteiger charge is -2.10. The summed E-state index contributed by atoms with van der Waals surface area (Å²) in [6.45, 7) is 8.47. The monoisotopic (exact) mass is 343 g/mol. The summed E-state index contributed by atoms with van der Waals surface area (Å²) in [5.41, 5.74) is 0.530. The molecule has 1 N–H and O–H groups in total. The zero-order chi connectivity index (χ0) is 17.7. The highest BCUT2D eigenvalue weighted by molar-refractivity contribution is 7.18. The van der Waals surface area contributed by atoms with Gasteiger partial charge >= 0.3 is 18.0 Å². The van der Waals surface area contributed by atoms with Gasteiger partial charge in [-0.3, -0.25) is 5.32 Å². The van der Waals surface area contributed by atoms with Gasteiger partial charge in [0.25, 0.3) is 0 Å². The van der Waals surface area contributed by atoms with E-state index in [1.807, 2.05) is 0 Å². The van der Waals surface area contributed by atoms with Crippen LogP contribution in [0.2, 0.25) is 0 Å². The van der Waals surface area contributed by atoms with Gasteiger partial charge in [0.05, 0.1) is 24.9 Å². The Morgan fingerprint density at radius 2 is 1.52 bits per heavy atom. The molecule has 0 spiro atoms. The number of amides is 1. The molecule has 128 valence electrons. The molecule has 1 amide bonds. The molecular weight excluding hydrogens is 322 g/mol. The topological polar surface area (TPSA) is 90.9 Å². The number of hydrogen-bond donors (Lipinski definition) is 1. The zero-order valence-electron chi connectivity index (χ0n) is 14.0. The number of ether oxygens (including phenoxy) is 3. The molecule has 0 saturated heterocycles. The summed E-state index contributed by atoms with van der Waals surface area (Å²) in [6, 6.07) is 0. The van der Waals surface area contributed by atoms with E-state index < -0.39 is 18.0 Å². The third-order valence-electron chi connectivity index (χ3n) is 2.62. The lowest BCUT2D eigenvalue weighted by Crippen LogP contribution is -2.17. The van der Waals surface area contributed by atoms with Crippen molar-refractivity contribution in [1.29, 1.82) is 0 Å². The van der Waals surface area contributed by atoms with Crippen molar-refractivity contribution >= 4 is 34.4 Å². The molecule has 1 rings (SSSR count). The van der Waals surface area contributed by atoms with Crippen LogP contribution in [-0.4, -0.2) is 37.3 Å². The molecular formula is C15H21NO6S. The van der Waals surface area contributed by atoms with Crippen LogP contribution >= 0.6 is 11.3 Å². The van der Waals surface area contributed by atoms with E-state index in [1.165, 1.54) is 7.11 Å². The van der Waals surface area contributed by atoms with E-state index in [1.54, 1.807) is 34.6 Å². The first kappa shape index (κ1) is 19.0. The van der Waals surface area contributed by atoms with E-state index in [9.17, 15) is 14.4 Å². The fourth-order valence-electron chi connectivity index (χ4n) is 1.73. The van der Waals surface area contributed by atoms with Crippen molar-refractivity contribution in [2.24, 2.45) is 0 Å². The Hall–Kier alpha value is -2.09. The number of thiophene rings is 1. The second kappa shape index (κ2) is 7.96. The summed E-state index contributed by atoms with van der Waals surface area (Å²) < 4.78 is 14.9. The second-order valence-electron chi connectivity index (χ2n) is 5.29. The molecule has 8 heteroatoms. The molecule has 0 aliphatic rings. The Labute approximate surface area is 138 Å². The smallest absolute Gasteiger partial charge is 0.411 e. The van der Waals surface area contributed by atoms with Gasteiger partial charge in [0.2, 0.25) is 0 Å². The molecule has 0 bridgehead atoms. The predicted molar refractivity (Wildman–Crippen MR) is 86.2 cm³/mol. The van der Waals surface area contributed by atoms with E-state index >= 15 is 0 Å². The Bertz CT molecular complexity index is 605. The van der Waals surface area contributed by atoms with Crippen molar-refractivity contribution in [1.82, 2.24) is 0 Å². The molecule has 0 saturated carbocycles. The quantitative estimate of drug-likeness (QED) is 0.651. The normalized spacial score (nSPS) is 10.6. The molecule has 0 aliphatic heterocycles. The summed E-state index contributed by atoms with van der Waals surface area (Å²) in [5, 5.41) is 2.62. The lowest BCUT2D eigenvalue weighted by atomic mass is 10.1. The van der Waals surface area contributed by atoms with Crippen LogP contribution in [0.25, 0.3) is 0 Å². The number of carbonyl (C=O) groups excluding carboxylic acids is 3. The van der Waals surface area contributed by atoms with E-state index in [2.05, 4.69) is 10.1 Å². The van der Waals surface area contributed by atoms with Crippen LogP contribution in [-0.2, 0) is 14.2 Å². The van der Waals surface area contributed by atoms with Crippen molar-refractivity contribution in [3.8, 4) is 0 Å². The van der Waals surface area contributed by atoms with Gasteiger partial charge in [-0.2, -0.15) is 0 Å². The lowest BCUT2D eigenvalue weighted by molar-refractivity contribution is 0.0378. The van der Waals surface area contributed by atoms with Crippen molar-refractivity contribution in [3.63, 3.8) is 0 Å². The van der Waals surface area contributed by atoms with Crippen molar-refractivity contribution < 1.29 is 28.6 Å². The van der Waals surface area contributed by atoms with Gasteiger partial charge in [-0.1, -0.05) is 0 Å². The van der Waals surface area contributed by atoms with E-state index in [0.29, 0.717) is 5.56 Å². The van der Waals surface area contributed by atoms with Crippen LogP contribution in [0.1, 0.15) is 53.3 Å². The van der Waals surface area contributed by atoms with Crippen LogP contribution in [0.3, 0.4) is 0 Å². The average Bonchev–Trinajstić information content (AvgIpc) is 2.73. The van der Waals surface area contributed by atoms with Crippen LogP contribution in [0.5, 0.6) is 0 Å². The maximum atomic E-state index is 12.3. The molecule has 0 atom stereocenters. The Balaban J connectivity index is 3.28. The minimum Gasteiger partial charge on any atom is -0.459 e. The van der Waals surface area contributed by atoms with Crippen molar-refractivity contribution in [2.45, 2.75) is 46.8 Å². The molecule has 0 unspecified atom stereocenters. The number of esters is 2. The van der Waals surface area contributed by atoms with Gasteiger partial charge in [-0.05, 0) is 40.2 Å². The van der Waals surface area contributed by atoms with Crippen LogP contribution in [0, 0.1) is 6.92 Å². The summed E-state index contributed by atoms with van der Waals surface area (Å²) in [5.74, 6) is -1.18. The second-order valence-corrected chi connectivity index (χ2v) is 6.31. The number of methoxy groups -OCH3 is 1. The van der Waals surface area contributed by atoms with Crippen LogP contribution in [0.15, 0.2) is 0 Å². The molecule has 1 aromatic rings. The van der Waals surface area contributed by atoms with E-state index in [4.69, 9.17) is 9.47 Å². The standard InChI is InChI=1S/C15H21NO6S/c1-7(2)21-13(17)10-9(5)11(14(18)22-8(3)4)23-12(10)16-15(19)20-6/h7-8H,1-6H3,(H,16,19). The van der Waals surface area contributed by atoms with Crippen molar-refractivity contribution in [2.75, 3.05) is 12.4 Å². The minimum atomic E-state index is -0.742. The molecule has 23 heavy (non-hydrogen) atoms. The molecule has 7 nitrogen and oxygen atoms in total. The van der Waals surface area contributed by atoms with Gasteiger partial charge in [0.15, 0.2) is 0 Å². The van der Waals surface area contributed by atoms with Gasteiger partial charge in [0, 0.05) is 0 Å². The predicted octanol–water partition coefficient (Wildman–Crippen LogP) is 3.37. The fourth-order valence-corrected chi connectivity index (χ4v) is 2.79. The highest BCUT2D eigenvalue weighted by Gasteiger charge is 2.28. The Kier molecular flexibility index (Phi) is 6.56. The van der Waals surface area contributed by atoms with Gasteiger partial charge in [-0.15, -0.1) is 11.3 Å². The molecule has 1 aromatic heterocycles. The third kappa shape index (κ3) is 4.95. The first-order chi connectivity index (χ1) is 10.7. The SMILES string of the molecule is COC(=O)Nc1sc(C(=O)OC(C)C)c(C)c1C(=O)OC(C)C.